The van der Waals surface area contributed by atoms with Crippen LogP contribution in [0.2, 0.25) is 0 Å². The number of carbonyl (C=O) groups is 1. The zero-order valence-electron chi connectivity index (χ0n) is 10.4. The van der Waals surface area contributed by atoms with Crippen LogP contribution in [0.15, 0.2) is 0 Å². The first kappa shape index (κ1) is 12.7. The molecule has 5 heteroatoms. The highest BCUT2D eigenvalue weighted by molar-refractivity contribution is 5.90. The Kier molecular flexibility index (Phi) is 4.46. The Balaban J connectivity index is 2.57. The number of aryl methyl sites for hydroxylation is 1. The minimum atomic E-state index is -0.205. The number of hydrogen-bond acceptors (Lipinski definition) is 3. The van der Waals surface area contributed by atoms with Gasteiger partial charge in [-0.05, 0) is 19.8 Å². The molecule has 1 rings (SSSR count). The molecule has 1 aromatic heterocycles. The van der Waals surface area contributed by atoms with Crippen molar-refractivity contribution in [3.05, 3.63) is 11.6 Å². The average Bonchev–Trinajstić information content (AvgIpc) is 2.66. The van der Waals surface area contributed by atoms with E-state index in [-0.39, 0.29) is 17.8 Å². The van der Waals surface area contributed by atoms with E-state index in [2.05, 4.69) is 34.3 Å². The van der Waals surface area contributed by atoms with Gasteiger partial charge in [0.25, 0.3) is 5.91 Å². The number of hydrogen-bond donors (Lipinski definition) is 2. The lowest BCUT2D eigenvalue weighted by atomic mass is 9.95. The van der Waals surface area contributed by atoms with Gasteiger partial charge >= 0.3 is 0 Å². The SMILES string of the molecule is CCC(CC)C(C)NC(=O)c1n[nH]c(C)n1. The van der Waals surface area contributed by atoms with Gasteiger partial charge in [-0.15, -0.1) is 5.10 Å². The number of rotatable bonds is 5. The van der Waals surface area contributed by atoms with E-state index < -0.39 is 0 Å². The monoisotopic (exact) mass is 224 g/mol. The number of nitrogens with one attached hydrogen (secondary N) is 2. The van der Waals surface area contributed by atoms with Crippen LogP contribution in [0.1, 0.15) is 50.1 Å². The van der Waals surface area contributed by atoms with Crippen LogP contribution in [0, 0.1) is 12.8 Å². The van der Waals surface area contributed by atoms with Crippen molar-refractivity contribution in [2.45, 2.75) is 46.6 Å². The van der Waals surface area contributed by atoms with Crippen molar-refractivity contribution in [1.29, 1.82) is 0 Å². The van der Waals surface area contributed by atoms with Gasteiger partial charge in [-0.1, -0.05) is 26.7 Å². The van der Waals surface area contributed by atoms with Gasteiger partial charge in [0.2, 0.25) is 5.82 Å². The highest BCUT2D eigenvalue weighted by Crippen LogP contribution is 2.12. The van der Waals surface area contributed by atoms with Crippen molar-refractivity contribution in [3.63, 3.8) is 0 Å². The topological polar surface area (TPSA) is 70.7 Å². The van der Waals surface area contributed by atoms with E-state index in [0.717, 1.165) is 12.8 Å². The highest BCUT2D eigenvalue weighted by atomic mass is 16.2. The van der Waals surface area contributed by atoms with E-state index in [9.17, 15) is 4.79 Å². The number of amides is 1. The largest absolute Gasteiger partial charge is 0.347 e. The lowest BCUT2D eigenvalue weighted by Gasteiger charge is -2.21. The third-order valence-corrected chi connectivity index (χ3v) is 2.91. The maximum Gasteiger partial charge on any atom is 0.291 e. The number of aromatic amines is 1. The minimum absolute atomic E-state index is 0.154. The van der Waals surface area contributed by atoms with Crippen molar-refractivity contribution in [1.82, 2.24) is 20.5 Å². The molecule has 0 saturated carbocycles. The molecule has 16 heavy (non-hydrogen) atoms. The fourth-order valence-corrected chi connectivity index (χ4v) is 1.83. The van der Waals surface area contributed by atoms with Crippen LogP contribution in [0.4, 0.5) is 0 Å². The number of nitrogens with zero attached hydrogens (tertiary/aromatic N) is 2. The molecular weight excluding hydrogens is 204 g/mol. The zero-order valence-corrected chi connectivity index (χ0v) is 10.4. The Hall–Kier alpha value is -1.39. The summed E-state index contributed by atoms with van der Waals surface area (Å²) in [6.07, 6.45) is 2.12. The van der Waals surface area contributed by atoms with Crippen LogP contribution in [-0.4, -0.2) is 27.1 Å². The molecule has 5 nitrogen and oxygen atoms in total. The zero-order chi connectivity index (χ0) is 12.1. The van der Waals surface area contributed by atoms with Crippen LogP contribution < -0.4 is 5.32 Å². The molecule has 1 aromatic rings. The van der Waals surface area contributed by atoms with Crippen LogP contribution in [0.25, 0.3) is 0 Å². The summed E-state index contributed by atoms with van der Waals surface area (Å²) in [6.45, 7) is 8.06. The van der Waals surface area contributed by atoms with E-state index in [1.165, 1.54) is 0 Å². The first-order chi connectivity index (χ1) is 7.58. The third-order valence-electron chi connectivity index (χ3n) is 2.91. The van der Waals surface area contributed by atoms with Crippen molar-refractivity contribution < 1.29 is 4.79 Å². The second-order valence-corrected chi connectivity index (χ2v) is 4.08. The minimum Gasteiger partial charge on any atom is -0.347 e. The van der Waals surface area contributed by atoms with Gasteiger partial charge in [-0.25, -0.2) is 4.98 Å². The van der Waals surface area contributed by atoms with Gasteiger partial charge < -0.3 is 5.32 Å². The molecule has 0 aliphatic heterocycles. The van der Waals surface area contributed by atoms with Crippen molar-refractivity contribution >= 4 is 5.91 Å². The second-order valence-electron chi connectivity index (χ2n) is 4.08. The molecule has 0 radical (unpaired) electrons. The first-order valence-electron chi connectivity index (χ1n) is 5.78. The molecule has 2 N–H and O–H groups in total. The predicted molar refractivity (Wildman–Crippen MR) is 62.1 cm³/mol. The Morgan fingerprint density at radius 3 is 2.50 bits per heavy atom. The Labute approximate surface area is 96.0 Å². The van der Waals surface area contributed by atoms with Crippen molar-refractivity contribution in [3.8, 4) is 0 Å². The van der Waals surface area contributed by atoms with E-state index in [4.69, 9.17) is 0 Å². The van der Waals surface area contributed by atoms with Crippen molar-refractivity contribution in [2.75, 3.05) is 0 Å². The van der Waals surface area contributed by atoms with Gasteiger partial charge in [-0.2, -0.15) is 0 Å². The van der Waals surface area contributed by atoms with Crippen molar-refractivity contribution in [2.24, 2.45) is 5.92 Å². The lowest BCUT2D eigenvalue weighted by molar-refractivity contribution is 0.0915. The molecule has 1 atom stereocenters. The van der Waals surface area contributed by atoms with E-state index in [0.29, 0.717) is 11.7 Å². The van der Waals surface area contributed by atoms with Gasteiger partial charge in [-0.3, -0.25) is 9.89 Å². The Morgan fingerprint density at radius 2 is 2.06 bits per heavy atom. The number of H-pyrrole nitrogens is 1. The molecule has 0 aliphatic carbocycles. The van der Waals surface area contributed by atoms with Gasteiger partial charge in [0.1, 0.15) is 5.82 Å². The fraction of sp³-hybridized carbons (Fsp3) is 0.727. The van der Waals surface area contributed by atoms with Gasteiger partial charge in [0.05, 0.1) is 0 Å². The molecule has 1 amide bonds. The summed E-state index contributed by atoms with van der Waals surface area (Å²) in [6, 6.07) is 0.154. The van der Waals surface area contributed by atoms with Crippen LogP contribution in [0.3, 0.4) is 0 Å². The molecule has 0 spiro atoms. The van der Waals surface area contributed by atoms with Gasteiger partial charge in [0.15, 0.2) is 0 Å². The normalized spacial score (nSPS) is 12.8. The lowest BCUT2D eigenvalue weighted by Crippen LogP contribution is -2.38. The Bertz CT molecular complexity index is 344. The maximum atomic E-state index is 11.7. The molecule has 0 saturated heterocycles. The summed E-state index contributed by atoms with van der Waals surface area (Å²) < 4.78 is 0. The summed E-state index contributed by atoms with van der Waals surface area (Å²) >= 11 is 0. The summed E-state index contributed by atoms with van der Waals surface area (Å²) in [7, 11) is 0. The second kappa shape index (κ2) is 5.63. The van der Waals surface area contributed by atoms with Gasteiger partial charge in [0, 0.05) is 6.04 Å². The van der Waals surface area contributed by atoms with Crippen LogP contribution in [0.5, 0.6) is 0 Å². The third kappa shape index (κ3) is 3.05. The summed E-state index contributed by atoms with van der Waals surface area (Å²) in [4.78, 5) is 15.7. The maximum absolute atomic E-state index is 11.7. The molecule has 90 valence electrons. The van der Waals surface area contributed by atoms with Crippen LogP contribution >= 0.6 is 0 Å². The summed E-state index contributed by atoms with van der Waals surface area (Å²) in [5, 5.41) is 9.42. The molecule has 1 heterocycles. The molecule has 0 bridgehead atoms. The smallest absolute Gasteiger partial charge is 0.291 e. The highest BCUT2D eigenvalue weighted by Gasteiger charge is 2.18. The molecular formula is C11H20N4O. The van der Waals surface area contributed by atoms with Crippen LogP contribution in [-0.2, 0) is 0 Å². The Morgan fingerprint density at radius 1 is 1.44 bits per heavy atom. The molecule has 1 unspecified atom stereocenters. The summed E-state index contributed by atoms with van der Waals surface area (Å²) in [5.74, 6) is 1.17. The standard InChI is InChI=1S/C11H20N4O/c1-5-9(6-2)7(3)12-11(16)10-13-8(4)14-15-10/h7,9H,5-6H2,1-4H3,(H,12,16)(H,13,14,15). The molecule has 0 aliphatic rings. The number of aromatic nitrogens is 3. The predicted octanol–water partition coefficient (Wildman–Crippen LogP) is 1.67. The molecule has 0 fully saturated rings. The molecule has 0 aromatic carbocycles. The number of carbonyl (C=O) groups excluding carboxylic acids is 1. The fourth-order valence-electron chi connectivity index (χ4n) is 1.83. The van der Waals surface area contributed by atoms with E-state index >= 15 is 0 Å². The average molecular weight is 224 g/mol. The van der Waals surface area contributed by atoms with E-state index in [1.54, 1.807) is 6.92 Å². The quantitative estimate of drug-likeness (QED) is 0.799. The first-order valence-corrected chi connectivity index (χ1v) is 5.78. The van der Waals surface area contributed by atoms with E-state index in [1.807, 2.05) is 6.92 Å². The summed E-state index contributed by atoms with van der Waals surface area (Å²) in [5.41, 5.74) is 0.